The van der Waals surface area contributed by atoms with Crippen LogP contribution in [0.15, 0.2) is 42.5 Å². The first kappa shape index (κ1) is 11.0. The van der Waals surface area contributed by atoms with Gasteiger partial charge in [0.15, 0.2) is 16.4 Å². The highest BCUT2D eigenvalue weighted by Crippen LogP contribution is 2.40. The van der Waals surface area contributed by atoms with Crippen molar-refractivity contribution in [2.45, 2.75) is 0 Å². The summed E-state index contributed by atoms with van der Waals surface area (Å²) in [5, 5.41) is 8.79. The maximum atomic E-state index is 8.79. The van der Waals surface area contributed by atoms with Crippen molar-refractivity contribution in [3.8, 4) is 16.9 Å². The minimum absolute atomic E-state index is 0.307. The van der Waals surface area contributed by atoms with E-state index in [1.165, 1.54) is 0 Å². The van der Waals surface area contributed by atoms with E-state index in [0.29, 0.717) is 17.1 Å². The molecule has 0 saturated carbocycles. The predicted molar refractivity (Wildman–Crippen MR) is 67.6 cm³/mol. The van der Waals surface area contributed by atoms with E-state index in [1.54, 1.807) is 13.2 Å². The van der Waals surface area contributed by atoms with Gasteiger partial charge in [-0.15, -0.1) is 0 Å². The first-order valence-electron chi connectivity index (χ1n) is 5.15. The Morgan fingerprint density at radius 2 is 1.82 bits per heavy atom. The molecule has 0 atom stereocenters. The zero-order valence-corrected chi connectivity index (χ0v) is 9.42. The zero-order valence-electron chi connectivity index (χ0n) is 9.42. The lowest BCUT2D eigenvalue weighted by molar-refractivity contribution is 0.419. The van der Waals surface area contributed by atoms with Crippen molar-refractivity contribution in [2.24, 2.45) is 0 Å². The monoisotopic (exact) mass is 226 g/mol. The van der Waals surface area contributed by atoms with Gasteiger partial charge >= 0.3 is 5.69 Å². The SMILES string of the molecule is COc1c(-c2ccccc2)ccc([N+]#N)c1N. The van der Waals surface area contributed by atoms with E-state index in [9.17, 15) is 0 Å². The number of nitrogens with zero attached hydrogens (tertiary/aromatic N) is 2. The van der Waals surface area contributed by atoms with Gasteiger partial charge in [-0.1, -0.05) is 30.3 Å². The predicted octanol–water partition coefficient (Wildman–Crippen LogP) is 3.43. The molecular weight excluding hydrogens is 214 g/mol. The van der Waals surface area contributed by atoms with Crippen molar-refractivity contribution in [2.75, 3.05) is 12.8 Å². The van der Waals surface area contributed by atoms with Gasteiger partial charge in [0, 0.05) is 11.6 Å². The molecule has 0 fully saturated rings. The van der Waals surface area contributed by atoms with E-state index >= 15 is 0 Å². The molecule has 0 unspecified atom stereocenters. The van der Waals surface area contributed by atoms with Gasteiger partial charge in [-0.3, -0.25) is 0 Å². The maximum absolute atomic E-state index is 8.79. The molecule has 0 radical (unpaired) electrons. The largest absolute Gasteiger partial charge is 0.494 e. The van der Waals surface area contributed by atoms with Crippen molar-refractivity contribution < 1.29 is 4.74 Å². The van der Waals surface area contributed by atoms with Gasteiger partial charge in [0.25, 0.3) is 0 Å². The van der Waals surface area contributed by atoms with Crippen LogP contribution in [0.4, 0.5) is 11.4 Å². The first-order valence-corrected chi connectivity index (χ1v) is 5.15. The Hall–Kier alpha value is -2.54. The Labute approximate surface area is 99.3 Å². The smallest absolute Gasteiger partial charge is 0.411 e. The van der Waals surface area contributed by atoms with Crippen LogP contribution in [-0.4, -0.2) is 7.11 Å². The number of benzene rings is 2. The summed E-state index contributed by atoms with van der Waals surface area (Å²) in [6.45, 7) is 0. The summed E-state index contributed by atoms with van der Waals surface area (Å²) >= 11 is 0. The van der Waals surface area contributed by atoms with Crippen LogP contribution in [0.2, 0.25) is 0 Å². The molecule has 0 aliphatic rings. The van der Waals surface area contributed by atoms with Gasteiger partial charge in [0.1, 0.15) is 0 Å². The Balaban J connectivity index is 2.65. The molecule has 0 amide bonds. The lowest BCUT2D eigenvalue weighted by Crippen LogP contribution is -1.95. The molecule has 0 spiro atoms. The van der Waals surface area contributed by atoms with Crippen molar-refractivity contribution in [1.29, 1.82) is 5.39 Å². The third-order valence-electron chi connectivity index (χ3n) is 2.57. The Morgan fingerprint density at radius 3 is 2.41 bits per heavy atom. The van der Waals surface area contributed by atoms with Gasteiger partial charge in [-0.05, 0) is 11.6 Å². The van der Waals surface area contributed by atoms with E-state index in [1.807, 2.05) is 36.4 Å². The lowest BCUT2D eigenvalue weighted by atomic mass is 10.0. The summed E-state index contributed by atoms with van der Waals surface area (Å²) in [6.07, 6.45) is 0. The van der Waals surface area contributed by atoms with Crippen LogP contribution < -0.4 is 10.5 Å². The van der Waals surface area contributed by atoms with Gasteiger partial charge in [-0.25, -0.2) is 0 Å². The number of anilines is 1. The second-order valence-corrected chi connectivity index (χ2v) is 3.55. The summed E-state index contributed by atoms with van der Waals surface area (Å²) in [4.78, 5) is 3.11. The van der Waals surface area contributed by atoms with Crippen LogP contribution in [0.5, 0.6) is 5.75 Å². The average molecular weight is 226 g/mol. The number of methoxy groups -OCH3 is 1. The number of ether oxygens (including phenoxy) is 1. The van der Waals surface area contributed by atoms with E-state index in [-0.39, 0.29) is 0 Å². The van der Waals surface area contributed by atoms with Crippen molar-refractivity contribution in [3.05, 3.63) is 47.4 Å². The lowest BCUT2D eigenvalue weighted by Gasteiger charge is -2.09. The van der Waals surface area contributed by atoms with Gasteiger partial charge in [-0.2, -0.15) is 0 Å². The Bertz CT molecular complexity index is 573. The number of nitrogens with two attached hydrogens (primary N) is 1. The molecule has 2 rings (SSSR count). The number of rotatable bonds is 2. The second kappa shape index (κ2) is 4.54. The minimum atomic E-state index is 0.307. The molecule has 0 aliphatic carbocycles. The van der Waals surface area contributed by atoms with Crippen molar-refractivity contribution >= 4 is 11.4 Å². The molecular formula is C13H12N3O+. The molecule has 17 heavy (non-hydrogen) atoms. The molecule has 0 aromatic heterocycles. The fourth-order valence-electron chi connectivity index (χ4n) is 1.74. The van der Waals surface area contributed by atoms with E-state index < -0.39 is 0 Å². The fraction of sp³-hybridized carbons (Fsp3) is 0.0769. The zero-order chi connectivity index (χ0) is 12.3. The van der Waals surface area contributed by atoms with E-state index in [0.717, 1.165) is 11.1 Å². The Morgan fingerprint density at radius 1 is 1.12 bits per heavy atom. The van der Waals surface area contributed by atoms with Crippen LogP contribution >= 0.6 is 0 Å². The summed E-state index contributed by atoms with van der Waals surface area (Å²) in [5.41, 5.74) is 8.37. The molecule has 2 aromatic rings. The molecule has 0 aliphatic heterocycles. The fourth-order valence-corrected chi connectivity index (χ4v) is 1.74. The molecule has 2 aromatic carbocycles. The standard InChI is InChI=1S/C13H12N3O/c1-17-13-10(9-5-3-2-4-6-9)7-8-11(16-15)12(13)14/h2-8H,14H2,1H3/q+1. The van der Waals surface area contributed by atoms with Crippen LogP contribution in [0, 0.1) is 5.39 Å². The average Bonchev–Trinajstić information content (AvgIpc) is 2.39. The van der Waals surface area contributed by atoms with Crippen molar-refractivity contribution in [3.63, 3.8) is 0 Å². The van der Waals surface area contributed by atoms with Gasteiger partial charge in [0.05, 0.1) is 7.11 Å². The van der Waals surface area contributed by atoms with Gasteiger partial charge in [0.2, 0.25) is 5.39 Å². The number of diazo groups is 1. The number of nitrogen functional groups attached to an aromatic ring is 1. The molecule has 2 N–H and O–H groups in total. The number of hydrogen-bond acceptors (Lipinski definition) is 3. The highest BCUT2D eigenvalue weighted by Gasteiger charge is 2.19. The maximum Gasteiger partial charge on any atom is 0.411 e. The van der Waals surface area contributed by atoms with Crippen LogP contribution in [0.3, 0.4) is 0 Å². The summed E-state index contributed by atoms with van der Waals surface area (Å²) < 4.78 is 5.28. The highest BCUT2D eigenvalue weighted by atomic mass is 16.5. The van der Waals surface area contributed by atoms with E-state index in [4.69, 9.17) is 15.9 Å². The van der Waals surface area contributed by atoms with Crippen LogP contribution in [-0.2, 0) is 0 Å². The molecule has 0 bridgehead atoms. The highest BCUT2D eigenvalue weighted by molar-refractivity contribution is 5.85. The minimum Gasteiger partial charge on any atom is -0.494 e. The topological polar surface area (TPSA) is 63.4 Å². The first-order chi connectivity index (χ1) is 8.27. The van der Waals surface area contributed by atoms with Gasteiger partial charge < -0.3 is 10.5 Å². The normalized spacial score (nSPS) is 9.65. The summed E-state index contributed by atoms with van der Waals surface area (Å²) in [7, 11) is 1.54. The molecule has 0 saturated heterocycles. The van der Waals surface area contributed by atoms with Crippen LogP contribution in [0.1, 0.15) is 0 Å². The molecule has 4 heteroatoms. The Kier molecular flexibility index (Phi) is 2.93. The summed E-state index contributed by atoms with van der Waals surface area (Å²) in [5.74, 6) is 0.520. The van der Waals surface area contributed by atoms with E-state index in [2.05, 4.69) is 4.98 Å². The summed E-state index contributed by atoms with van der Waals surface area (Å²) in [6, 6.07) is 13.2. The molecule has 0 heterocycles. The molecule has 4 nitrogen and oxygen atoms in total. The third kappa shape index (κ3) is 1.91. The number of hydrogen-bond donors (Lipinski definition) is 1. The van der Waals surface area contributed by atoms with Crippen molar-refractivity contribution in [1.82, 2.24) is 0 Å². The van der Waals surface area contributed by atoms with Crippen LogP contribution in [0.25, 0.3) is 16.1 Å². The molecule has 84 valence electrons. The quantitative estimate of drug-likeness (QED) is 0.630. The third-order valence-corrected chi connectivity index (χ3v) is 2.57. The second-order valence-electron chi connectivity index (χ2n) is 3.55.